The maximum atomic E-state index is 12.6. The van der Waals surface area contributed by atoms with E-state index in [2.05, 4.69) is 54.1 Å². The van der Waals surface area contributed by atoms with Crippen molar-refractivity contribution in [3.8, 4) is 35.5 Å². The van der Waals surface area contributed by atoms with Crippen molar-refractivity contribution in [2.24, 2.45) is 20.5 Å². The van der Waals surface area contributed by atoms with Crippen molar-refractivity contribution in [3.05, 3.63) is 156 Å². The highest BCUT2D eigenvalue weighted by Gasteiger charge is 2.12. The SMILES string of the molecule is C=Cc1ccc(-c2nc(OCCCCCCOC(=O)c3ccc(N=Nc4ccc(C#N)cc4)cc3)nc(OCCCCCCOC(=O)c3ccc(N=Nc4ccc(C#N)cc4)cc3)n2)cc1. The van der Waals surface area contributed by atoms with Crippen LogP contribution >= 0.6 is 0 Å². The number of unbranched alkanes of at least 4 members (excludes halogenated alkanes) is 6. The second-order valence-corrected chi connectivity index (χ2v) is 14.7. The maximum Gasteiger partial charge on any atom is 0.338 e. The summed E-state index contributed by atoms with van der Waals surface area (Å²) in [6, 6.07) is 39.1. The summed E-state index contributed by atoms with van der Waals surface area (Å²) in [5.41, 5.74) is 6.11. The number of nitrogens with zero attached hydrogens (tertiary/aromatic N) is 9. The zero-order valence-corrected chi connectivity index (χ0v) is 36.3. The predicted molar refractivity (Wildman–Crippen MR) is 247 cm³/mol. The van der Waals surface area contributed by atoms with Gasteiger partial charge in [0.1, 0.15) is 0 Å². The average molecular weight is 882 g/mol. The van der Waals surface area contributed by atoms with E-state index in [9.17, 15) is 9.59 Å². The summed E-state index contributed by atoms with van der Waals surface area (Å²) in [6.45, 7) is 5.18. The van der Waals surface area contributed by atoms with Gasteiger partial charge in [0.25, 0.3) is 0 Å². The molecule has 0 bridgehead atoms. The van der Waals surface area contributed by atoms with E-state index in [-0.39, 0.29) is 12.0 Å². The van der Waals surface area contributed by atoms with Gasteiger partial charge in [0, 0.05) is 5.56 Å². The molecular weight excluding hydrogens is 835 g/mol. The number of carbonyl (C=O) groups is 2. The highest BCUT2D eigenvalue weighted by atomic mass is 16.5. The van der Waals surface area contributed by atoms with Gasteiger partial charge in [0.15, 0.2) is 5.82 Å². The fourth-order valence-corrected chi connectivity index (χ4v) is 6.07. The Morgan fingerprint density at radius 3 is 1.21 bits per heavy atom. The molecule has 0 atom stereocenters. The van der Waals surface area contributed by atoms with Crippen molar-refractivity contribution >= 4 is 40.8 Å². The summed E-state index contributed by atoms with van der Waals surface area (Å²) < 4.78 is 22.8. The Morgan fingerprint density at radius 2 is 0.848 bits per heavy atom. The molecule has 0 radical (unpaired) electrons. The topological polar surface area (TPSA) is 207 Å². The highest BCUT2D eigenvalue weighted by Crippen LogP contribution is 2.23. The summed E-state index contributed by atoms with van der Waals surface area (Å²) in [4.78, 5) is 38.6. The van der Waals surface area contributed by atoms with Gasteiger partial charge in [-0.1, -0.05) is 36.9 Å². The van der Waals surface area contributed by atoms with Crippen LogP contribution in [0.15, 0.2) is 148 Å². The molecule has 6 aromatic rings. The van der Waals surface area contributed by atoms with Gasteiger partial charge >= 0.3 is 24.0 Å². The number of benzene rings is 5. The van der Waals surface area contributed by atoms with Crippen LogP contribution in [-0.4, -0.2) is 53.3 Å². The molecule has 6 rings (SSSR count). The first-order chi connectivity index (χ1) is 32.4. The summed E-state index contributed by atoms with van der Waals surface area (Å²) in [6.07, 6.45) is 8.04. The zero-order chi connectivity index (χ0) is 46.2. The van der Waals surface area contributed by atoms with Crippen LogP contribution in [-0.2, 0) is 9.47 Å². The van der Waals surface area contributed by atoms with Gasteiger partial charge in [-0.15, -0.1) is 4.98 Å². The zero-order valence-electron chi connectivity index (χ0n) is 36.3. The van der Waals surface area contributed by atoms with Crippen LogP contribution in [0.5, 0.6) is 12.0 Å². The lowest BCUT2D eigenvalue weighted by Gasteiger charge is -2.10. The molecule has 0 amide bonds. The Balaban J connectivity index is 0.864. The summed E-state index contributed by atoms with van der Waals surface area (Å²) >= 11 is 0. The number of nitriles is 2. The van der Waals surface area contributed by atoms with Crippen LogP contribution in [0, 0.1) is 22.7 Å². The molecule has 66 heavy (non-hydrogen) atoms. The van der Waals surface area contributed by atoms with Crippen molar-refractivity contribution in [1.82, 2.24) is 15.0 Å². The Morgan fingerprint density at radius 1 is 0.485 bits per heavy atom. The monoisotopic (exact) mass is 881 g/mol. The molecular formula is C51H47N9O6. The van der Waals surface area contributed by atoms with E-state index < -0.39 is 11.9 Å². The smallest absolute Gasteiger partial charge is 0.338 e. The Hall–Kier alpha value is -8.43. The van der Waals surface area contributed by atoms with Crippen LogP contribution in [0.1, 0.15) is 88.8 Å². The van der Waals surface area contributed by atoms with E-state index in [0.717, 1.165) is 49.7 Å². The van der Waals surface area contributed by atoms with Gasteiger partial charge in [-0.2, -0.15) is 40.9 Å². The molecule has 15 heteroatoms. The van der Waals surface area contributed by atoms with Crippen LogP contribution in [0.3, 0.4) is 0 Å². The molecule has 1 aromatic heterocycles. The summed E-state index contributed by atoms with van der Waals surface area (Å²) in [5.74, 6) is -0.380. The van der Waals surface area contributed by atoms with Crippen molar-refractivity contribution in [3.63, 3.8) is 0 Å². The second kappa shape index (κ2) is 25.6. The number of hydrogen-bond acceptors (Lipinski definition) is 15. The lowest BCUT2D eigenvalue weighted by molar-refractivity contribution is 0.0488. The standard InChI is InChI=1S/C51H47N9O6/c1-2-37-11-17-40(18-12-37)47-54-50(65-33-9-5-3-7-31-63-48(61)41-19-27-45(28-20-41)59-57-43-23-13-38(35-52)14-24-43)56-51(55-47)66-34-10-6-4-8-32-64-49(62)42-21-29-46(30-22-42)60-58-44-25-15-39(36-53)16-26-44/h2,11-30H,1,3-10,31-34H2. The van der Waals surface area contributed by atoms with E-state index >= 15 is 0 Å². The minimum absolute atomic E-state index is 0.169. The molecule has 0 saturated heterocycles. The summed E-state index contributed by atoms with van der Waals surface area (Å²) in [7, 11) is 0. The van der Waals surface area contributed by atoms with Gasteiger partial charge < -0.3 is 18.9 Å². The van der Waals surface area contributed by atoms with Gasteiger partial charge in [0.2, 0.25) is 0 Å². The minimum atomic E-state index is -0.404. The molecule has 5 aromatic carbocycles. The Kier molecular flexibility index (Phi) is 18.3. The number of carbonyl (C=O) groups excluding carboxylic acids is 2. The van der Waals surface area contributed by atoms with Crippen molar-refractivity contribution in [1.29, 1.82) is 10.5 Å². The molecule has 0 fully saturated rings. The van der Waals surface area contributed by atoms with Crippen molar-refractivity contribution in [2.75, 3.05) is 26.4 Å². The van der Waals surface area contributed by atoms with Crippen molar-refractivity contribution < 1.29 is 28.5 Å². The molecule has 0 aliphatic carbocycles. The van der Waals surface area contributed by atoms with Crippen LogP contribution in [0.25, 0.3) is 17.5 Å². The molecule has 0 aliphatic heterocycles. The fourth-order valence-electron chi connectivity index (χ4n) is 6.07. The first-order valence-electron chi connectivity index (χ1n) is 21.5. The van der Waals surface area contributed by atoms with Crippen molar-refractivity contribution in [2.45, 2.75) is 51.4 Å². The Bertz CT molecular complexity index is 2500. The van der Waals surface area contributed by atoms with E-state index in [1.165, 1.54) is 0 Å². The van der Waals surface area contributed by atoms with E-state index in [1.54, 1.807) is 103 Å². The van der Waals surface area contributed by atoms with E-state index in [4.69, 9.17) is 29.5 Å². The lowest BCUT2D eigenvalue weighted by atomic mass is 10.1. The molecule has 0 unspecified atom stereocenters. The maximum absolute atomic E-state index is 12.6. The van der Waals surface area contributed by atoms with Gasteiger partial charge in [-0.3, -0.25) is 0 Å². The largest absolute Gasteiger partial charge is 0.463 e. The quantitative estimate of drug-likeness (QED) is 0.0317. The molecule has 332 valence electrons. The molecule has 0 saturated carbocycles. The number of esters is 2. The van der Waals surface area contributed by atoms with Gasteiger partial charge in [0.05, 0.1) is 83.6 Å². The normalized spacial score (nSPS) is 10.9. The second-order valence-electron chi connectivity index (χ2n) is 14.7. The molecule has 0 aliphatic rings. The number of azo groups is 2. The molecule has 1 heterocycles. The number of aromatic nitrogens is 3. The van der Waals surface area contributed by atoms with Gasteiger partial charge in [-0.05, 0) is 154 Å². The highest BCUT2D eigenvalue weighted by molar-refractivity contribution is 5.90. The van der Waals surface area contributed by atoms with E-state index in [0.29, 0.717) is 90.1 Å². The number of hydrogen-bond donors (Lipinski definition) is 0. The third kappa shape index (κ3) is 15.4. The average Bonchev–Trinajstić information content (AvgIpc) is 3.37. The predicted octanol–water partition coefficient (Wildman–Crippen LogP) is 12.3. The lowest BCUT2D eigenvalue weighted by Crippen LogP contribution is -2.08. The van der Waals surface area contributed by atoms with Gasteiger partial charge in [-0.25, -0.2) is 9.59 Å². The molecule has 0 N–H and O–H groups in total. The third-order valence-electron chi connectivity index (χ3n) is 9.77. The summed E-state index contributed by atoms with van der Waals surface area (Å²) in [5, 5.41) is 34.5. The minimum Gasteiger partial charge on any atom is -0.463 e. The van der Waals surface area contributed by atoms with Crippen LogP contribution < -0.4 is 9.47 Å². The molecule has 0 spiro atoms. The first kappa shape index (κ1) is 47.1. The Labute approximate surface area is 383 Å². The third-order valence-corrected chi connectivity index (χ3v) is 9.77. The van der Waals surface area contributed by atoms with E-state index in [1.807, 2.05) is 24.3 Å². The number of rotatable bonds is 24. The first-order valence-corrected chi connectivity index (χ1v) is 21.5. The number of ether oxygens (including phenoxy) is 4. The fraction of sp³-hybridized carbons (Fsp3) is 0.235. The van der Waals surface area contributed by atoms with Crippen LogP contribution in [0.4, 0.5) is 22.7 Å². The van der Waals surface area contributed by atoms with Crippen LogP contribution in [0.2, 0.25) is 0 Å². The molecule has 15 nitrogen and oxygen atoms in total.